The molecule has 0 aliphatic carbocycles. The van der Waals surface area contributed by atoms with Crippen LogP contribution in [0.4, 0.5) is 0 Å². The quantitative estimate of drug-likeness (QED) is 0.577. The van der Waals surface area contributed by atoms with Crippen LogP contribution in [0.25, 0.3) is 22.6 Å². The normalized spacial score (nSPS) is 11.0. The highest BCUT2D eigenvalue weighted by Crippen LogP contribution is 2.24. The van der Waals surface area contributed by atoms with Crippen LogP contribution in [0.2, 0.25) is 0 Å². The van der Waals surface area contributed by atoms with Crippen molar-refractivity contribution in [3.63, 3.8) is 0 Å². The number of oxazole rings is 1. The van der Waals surface area contributed by atoms with Crippen molar-refractivity contribution in [1.82, 2.24) is 19.5 Å². The van der Waals surface area contributed by atoms with Gasteiger partial charge in [0, 0.05) is 18.9 Å². The lowest BCUT2D eigenvalue weighted by Crippen LogP contribution is -2.02. The van der Waals surface area contributed by atoms with Crippen LogP contribution in [0.15, 0.2) is 65.9 Å². The van der Waals surface area contributed by atoms with Crippen LogP contribution in [0.5, 0.6) is 0 Å². The summed E-state index contributed by atoms with van der Waals surface area (Å²) in [6, 6.07) is 12.1. The Balaban J connectivity index is 1.91. The number of aromatic nitrogens is 4. The smallest absolute Gasteiger partial charge is 0.181 e. The number of fused-ring (bicyclic) bond motifs is 1. The molecule has 4 rings (SSSR count). The Morgan fingerprint density at radius 2 is 1.90 bits per heavy atom. The van der Waals surface area contributed by atoms with Gasteiger partial charge in [-0.15, -0.1) is 0 Å². The fourth-order valence-corrected chi connectivity index (χ4v) is 2.42. The molecule has 0 aliphatic rings. The van der Waals surface area contributed by atoms with Gasteiger partial charge in [-0.3, -0.25) is 4.98 Å². The third-order valence-electron chi connectivity index (χ3n) is 3.41. The molecule has 5 nitrogen and oxygen atoms in total. The van der Waals surface area contributed by atoms with Gasteiger partial charge >= 0.3 is 0 Å². The van der Waals surface area contributed by atoms with Gasteiger partial charge in [-0.25, -0.2) is 9.97 Å². The Morgan fingerprint density at radius 3 is 2.71 bits per heavy atom. The summed E-state index contributed by atoms with van der Waals surface area (Å²) in [6.07, 6.45) is 6.63. The van der Waals surface area contributed by atoms with Crippen molar-refractivity contribution >= 4 is 11.0 Å². The second-order valence-electron chi connectivity index (χ2n) is 4.74. The van der Waals surface area contributed by atoms with E-state index in [-0.39, 0.29) is 0 Å². The van der Waals surface area contributed by atoms with Crippen molar-refractivity contribution in [2.75, 3.05) is 0 Å². The van der Waals surface area contributed by atoms with Gasteiger partial charge in [-0.2, -0.15) is 0 Å². The van der Waals surface area contributed by atoms with Crippen molar-refractivity contribution in [2.45, 2.75) is 6.54 Å². The summed E-state index contributed by atoms with van der Waals surface area (Å²) in [4.78, 5) is 13.0. The molecule has 21 heavy (non-hydrogen) atoms. The molecule has 0 spiro atoms. The Morgan fingerprint density at radius 1 is 1.05 bits per heavy atom. The van der Waals surface area contributed by atoms with Gasteiger partial charge in [0.1, 0.15) is 12.0 Å². The first-order valence-electron chi connectivity index (χ1n) is 6.64. The molecule has 0 fully saturated rings. The third kappa shape index (κ3) is 2.08. The van der Waals surface area contributed by atoms with E-state index in [1.807, 2.05) is 30.3 Å². The molecule has 102 valence electrons. The molecular weight excluding hydrogens is 264 g/mol. The van der Waals surface area contributed by atoms with Gasteiger partial charge < -0.3 is 8.98 Å². The Kier molecular flexibility index (Phi) is 2.74. The predicted molar refractivity (Wildman–Crippen MR) is 78.6 cm³/mol. The van der Waals surface area contributed by atoms with Gasteiger partial charge in [-0.1, -0.05) is 12.1 Å². The van der Waals surface area contributed by atoms with Crippen molar-refractivity contribution < 1.29 is 4.42 Å². The van der Waals surface area contributed by atoms with Crippen molar-refractivity contribution in [1.29, 1.82) is 0 Å². The number of hydrogen-bond acceptors (Lipinski definition) is 4. The average molecular weight is 276 g/mol. The second kappa shape index (κ2) is 4.86. The summed E-state index contributed by atoms with van der Waals surface area (Å²) in [5.74, 6) is 0.807. The zero-order valence-electron chi connectivity index (χ0n) is 11.2. The van der Waals surface area contributed by atoms with E-state index in [4.69, 9.17) is 4.42 Å². The molecule has 0 radical (unpaired) electrons. The molecule has 1 aromatic carbocycles. The highest BCUT2D eigenvalue weighted by molar-refractivity contribution is 5.80. The predicted octanol–water partition coefficient (Wildman–Crippen LogP) is 3.13. The summed E-state index contributed by atoms with van der Waals surface area (Å²) in [5, 5.41) is 0. The first kappa shape index (κ1) is 11.8. The Hall–Kier alpha value is -2.95. The van der Waals surface area contributed by atoms with Crippen LogP contribution in [0.3, 0.4) is 0 Å². The fourth-order valence-electron chi connectivity index (χ4n) is 2.42. The molecule has 0 atom stereocenters. The maximum atomic E-state index is 5.10. The van der Waals surface area contributed by atoms with Crippen LogP contribution in [0, 0.1) is 0 Å². The van der Waals surface area contributed by atoms with E-state index >= 15 is 0 Å². The molecule has 4 aromatic rings. The summed E-state index contributed by atoms with van der Waals surface area (Å²) in [6.45, 7) is 0.714. The monoisotopic (exact) mass is 276 g/mol. The summed E-state index contributed by atoms with van der Waals surface area (Å²) < 4.78 is 7.24. The van der Waals surface area contributed by atoms with E-state index in [0.717, 1.165) is 28.1 Å². The highest BCUT2D eigenvalue weighted by atomic mass is 16.3. The standard InChI is InChI=1S/C16H12N4O/c1-2-4-15-13(3-1)19-16(14-10-21-11-18-14)20(15)9-12-5-7-17-8-6-12/h1-8,10-11H,9H2. The number of rotatable bonds is 3. The molecule has 5 heteroatoms. The van der Waals surface area contributed by atoms with Crippen LogP contribution < -0.4 is 0 Å². The summed E-state index contributed by atoms with van der Waals surface area (Å²) in [5.41, 5.74) is 3.93. The molecule has 0 amide bonds. The van der Waals surface area contributed by atoms with E-state index in [9.17, 15) is 0 Å². The minimum atomic E-state index is 0.714. The Labute approximate surface area is 120 Å². The van der Waals surface area contributed by atoms with Crippen molar-refractivity contribution in [2.24, 2.45) is 0 Å². The van der Waals surface area contributed by atoms with Crippen molar-refractivity contribution in [3.05, 3.63) is 67.0 Å². The molecule has 0 saturated carbocycles. The lowest BCUT2D eigenvalue weighted by atomic mass is 10.2. The fraction of sp³-hybridized carbons (Fsp3) is 0.0625. The Bertz CT molecular complexity index is 866. The minimum Gasteiger partial charge on any atom is -0.451 e. The first-order valence-corrected chi connectivity index (χ1v) is 6.64. The van der Waals surface area contributed by atoms with E-state index in [2.05, 4.69) is 25.6 Å². The summed E-state index contributed by atoms with van der Waals surface area (Å²) in [7, 11) is 0. The first-order chi connectivity index (χ1) is 10.4. The van der Waals surface area contributed by atoms with Gasteiger partial charge in [0.05, 0.1) is 11.0 Å². The third-order valence-corrected chi connectivity index (χ3v) is 3.41. The molecule has 0 saturated heterocycles. The van der Waals surface area contributed by atoms with E-state index < -0.39 is 0 Å². The topological polar surface area (TPSA) is 56.7 Å². The van der Waals surface area contributed by atoms with Gasteiger partial charge in [0.2, 0.25) is 0 Å². The highest BCUT2D eigenvalue weighted by Gasteiger charge is 2.14. The minimum absolute atomic E-state index is 0.714. The molecule has 0 bridgehead atoms. The van der Waals surface area contributed by atoms with Crippen LogP contribution >= 0.6 is 0 Å². The lowest BCUT2D eigenvalue weighted by Gasteiger charge is -2.07. The number of nitrogens with zero attached hydrogens (tertiary/aromatic N) is 4. The van der Waals surface area contributed by atoms with Crippen molar-refractivity contribution in [3.8, 4) is 11.5 Å². The van der Waals surface area contributed by atoms with Crippen LogP contribution in [-0.4, -0.2) is 19.5 Å². The SMILES string of the molecule is c1ccc2c(c1)nc(-c1cocn1)n2Cc1ccncc1. The zero-order valence-corrected chi connectivity index (χ0v) is 11.2. The van der Waals surface area contributed by atoms with Gasteiger partial charge in [0.15, 0.2) is 12.2 Å². The second-order valence-corrected chi connectivity index (χ2v) is 4.74. The zero-order chi connectivity index (χ0) is 14.1. The molecule has 3 heterocycles. The summed E-state index contributed by atoms with van der Waals surface area (Å²) >= 11 is 0. The molecule has 3 aromatic heterocycles. The maximum Gasteiger partial charge on any atom is 0.181 e. The number of hydrogen-bond donors (Lipinski definition) is 0. The van der Waals surface area contributed by atoms with Crippen LogP contribution in [0.1, 0.15) is 5.56 Å². The lowest BCUT2D eigenvalue weighted by molar-refractivity contribution is 0.558. The largest absolute Gasteiger partial charge is 0.451 e. The number of pyridine rings is 1. The maximum absolute atomic E-state index is 5.10. The number of para-hydroxylation sites is 2. The van der Waals surface area contributed by atoms with E-state index in [1.54, 1.807) is 18.7 Å². The number of benzene rings is 1. The van der Waals surface area contributed by atoms with Crippen LogP contribution in [-0.2, 0) is 6.54 Å². The van der Waals surface area contributed by atoms with E-state index in [0.29, 0.717) is 6.54 Å². The average Bonchev–Trinajstić information content (AvgIpc) is 3.16. The molecule has 0 N–H and O–H groups in total. The number of imidazole rings is 1. The molecule has 0 aliphatic heterocycles. The van der Waals surface area contributed by atoms with E-state index in [1.165, 1.54) is 6.39 Å². The molecule has 0 unspecified atom stereocenters. The molecular formula is C16H12N4O. The van der Waals surface area contributed by atoms with Gasteiger partial charge in [0.25, 0.3) is 0 Å². The van der Waals surface area contributed by atoms with Gasteiger partial charge in [-0.05, 0) is 29.8 Å².